The van der Waals surface area contributed by atoms with Crippen molar-refractivity contribution in [2.45, 2.75) is 13.8 Å². The van der Waals surface area contributed by atoms with Gasteiger partial charge in [-0.05, 0) is 37.6 Å². The first-order valence-electron chi connectivity index (χ1n) is 7.15. The van der Waals surface area contributed by atoms with E-state index in [4.69, 9.17) is 9.47 Å². The predicted molar refractivity (Wildman–Crippen MR) is 88.8 cm³/mol. The molecule has 23 heavy (non-hydrogen) atoms. The van der Waals surface area contributed by atoms with E-state index in [1.165, 1.54) is 26.2 Å². The third-order valence-electron chi connectivity index (χ3n) is 3.27. The van der Waals surface area contributed by atoms with E-state index in [9.17, 15) is 9.59 Å². The SMILES string of the molecule is COc1ccc(C(C)=O)c(OC(=O)/C=C/c2ccc(C)cc2)c1. The van der Waals surface area contributed by atoms with Crippen LogP contribution >= 0.6 is 0 Å². The number of ether oxygens (including phenoxy) is 2. The van der Waals surface area contributed by atoms with Crippen LogP contribution in [0.25, 0.3) is 6.08 Å². The molecule has 2 aromatic carbocycles. The van der Waals surface area contributed by atoms with Crippen LogP contribution in [0.4, 0.5) is 0 Å². The second-order valence-corrected chi connectivity index (χ2v) is 5.08. The number of carbonyl (C=O) groups excluding carboxylic acids is 2. The maximum atomic E-state index is 12.0. The quantitative estimate of drug-likeness (QED) is 0.364. The molecule has 4 nitrogen and oxygen atoms in total. The number of Topliss-reactive ketones (excluding diaryl/α,β-unsaturated/α-hetero) is 1. The van der Waals surface area contributed by atoms with E-state index in [-0.39, 0.29) is 11.5 Å². The van der Waals surface area contributed by atoms with Crippen LogP contribution in [0, 0.1) is 6.92 Å². The first-order chi connectivity index (χ1) is 11.0. The van der Waals surface area contributed by atoms with Crippen molar-refractivity contribution in [1.82, 2.24) is 0 Å². The highest BCUT2D eigenvalue weighted by Crippen LogP contribution is 2.25. The Bertz CT molecular complexity index is 742. The fraction of sp³-hybridized carbons (Fsp3) is 0.158. The molecule has 0 N–H and O–H groups in total. The Balaban J connectivity index is 2.16. The number of benzene rings is 2. The summed E-state index contributed by atoms with van der Waals surface area (Å²) in [6, 6.07) is 12.5. The zero-order valence-electron chi connectivity index (χ0n) is 13.3. The Morgan fingerprint density at radius 1 is 1.04 bits per heavy atom. The van der Waals surface area contributed by atoms with Crippen molar-refractivity contribution >= 4 is 17.8 Å². The third kappa shape index (κ3) is 4.54. The Hall–Kier alpha value is -2.88. The standard InChI is InChI=1S/C19H18O4/c1-13-4-6-15(7-5-13)8-11-19(21)23-18-12-16(22-3)9-10-17(18)14(2)20/h4-12H,1-3H3/b11-8+. The van der Waals surface area contributed by atoms with Crippen LogP contribution in [0.15, 0.2) is 48.5 Å². The summed E-state index contributed by atoms with van der Waals surface area (Å²) in [5.74, 6) is -0.0324. The minimum absolute atomic E-state index is 0.182. The molecule has 2 rings (SSSR count). The van der Waals surface area contributed by atoms with Crippen LogP contribution in [0.5, 0.6) is 11.5 Å². The smallest absolute Gasteiger partial charge is 0.336 e. The van der Waals surface area contributed by atoms with E-state index in [0.29, 0.717) is 11.3 Å². The number of hydrogen-bond acceptors (Lipinski definition) is 4. The topological polar surface area (TPSA) is 52.6 Å². The Morgan fingerprint density at radius 3 is 2.35 bits per heavy atom. The minimum Gasteiger partial charge on any atom is -0.497 e. The van der Waals surface area contributed by atoms with Crippen LogP contribution in [-0.2, 0) is 4.79 Å². The molecule has 0 atom stereocenters. The molecule has 0 unspecified atom stereocenters. The monoisotopic (exact) mass is 310 g/mol. The lowest BCUT2D eigenvalue weighted by Gasteiger charge is -2.08. The molecule has 0 amide bonds. The number of hydrogen-bond donors (Lipinski definition) is 0. The predicted octanol–water partition coefficient (Wildman–Crippen LogP) is 3.83. The second kappa shape index (κ2) is 7.40. The lowest BCUT2D eigenvalue weighted by atomic mass is 10.1. The first kappa shape index (κ1) is 16.5. The lowest BCUT2D eigenvalue weighted by molar-refractivity contribution is -0.128. The van der Waals surface area contributed by atoms with E-state index in [2.05, 4.69) is 0 Å². The molecule has 0 heterocycles. The van der Waals surface area contributed by atoms with Crippen LogP contribution in [0.3, 0.4) is 0 Å². The summed E-state index contributed by atoms with van der Waals surface area (Å²) < 4.78 is 10.4. The summed E-state index contributed by atoms with van der Waals surface area (Å²) in [6.07, 6.45) is 2.99. The number of esters is 1. The largest absolute Gasteiger partial charge is 0.497 e. The van der Waals surface area contributed by atoms with Crippen molar-refractivity contribution in [3.05, 3.63) is 65.2 Å². The van der Waals surface area contributed by atoms with E-state index in [1.807, 2.05) is 31.2 Å². The van der Waals surface area contributed by atoms with Gasteiger partial charge in [-0.3, -0.25) is 4.79 Å². The summed E-state index contributed by atoms with van der Waals surface area (Å²) in [5, 5.41) is 0. The summed E-state index contributed by atoms with van der Waals surface area (Å²) >= 11 is 0. The zero-order chi connectivity index (χ0) is 16.8. The lowest BCUT2D eigenvalue weighted by Crippen LogP contribution is -2.07. The van der Waals surface area contributed by atoms with Gasteiger partial charge >= 0.3 is 5.97 Å². The van der Waals surface area contributed by atoms with Gasteiger partial charge < -0.3 is 9.47 Å². The van der Waals surface area contributed by atoms with Crippen LogP contribution < -0.4 is 9.47 Å². The van der Waals surface area contributed by atoms with Gasteiger partial charge in [0.25, 0.3) is 0 Å². The van der Waals surface area contributed by atoms with Crippen molar-refractivity contribution in [3.63, 3.8) is 0 Å². The first-order valence-corrected chi connectivity index (χ1v) is 7.15. The maximum absolute atomic E-state index is 12.0. The van der Waals surface area contributed by atoms with Gasteiger partial charge in [0.2, 0.25) is 0 Å². The summed E-state index contributed by atoms with van der Waals surface area (Å²) in [5.41, 5.74) is 2.38. The van der Waals surface area contributed by atoms with E-state index in [0.717, 1.165) is 11.1 Å². The molecule has 0 saturated heterocycles. The van der Waals surface area contributed by atoms with Crippen LogP contribution in [0.2, 0.25) is 0 Å². The van der Waals surface area contributed by atoms with Crippen molar-refractivity contribution in [3.8, 4) is 11.5 Å². The van der Waals surface area contributed by atoms with Crippen molar-refractivity contribution in [2.24, 2.45) is 0 Å². The van der Waals surface area contributed by atoms with Crippen molar-refractivity contribution in [1.29, 1.82) is 0 Å². The summed E-state index contributed by atoms with van der Waals surface area (Å²) in [6.45, 7) is 3.41. The Labute approximate surface area is 135 Å². The molecule has 0 aromatic heterocycles. The minimum atomic E-state index is -0.554. The summed E-state index contributed by atoms with van der Waals surface area (Å²) in [4.78, 5) is 23.6. The fourth-order valence-electron chi connectivity index (χ4n) is 1.99. The molecule has 4 heteroatoms. The van der Waals surface area contributed by atoms with Crippen molar-refractivity contribution in [2.75, 3.05) is 7.11 Å². The molecule has 2 aromatic rings. The van der Waals surface area contributed by atoms with Gasteiger partial charge in [0.15, 0.2) is 5.78 Å². The molecule has 0 radical (unpaired) electrons. The number of methoxy groups -OCH3 is 1. The van der Waals surface area contributed by atoms with E-state index in [1.54, 1.807) is 18.2 Å². The van der Waals surface area contributed by atoms with Gasteiger partial charge in [0.05, 0.1) is 12.7 Å². The van der Waals surface area contributed by atoms with E-state index >= 15 is 0 Å². The number of aryl methyl sites for hydroxylation is 1. The third-order valence-corrected chi connectivity index (χ3v) is 3.27. The molecule has 0 fully saturated rings. The average Bonchev–Trinajstić information content (AvgIpc) is 2.54. The van der Waals surface area contributed by atoms with Gasteiger partial charge in [0, 0.05) is 12.1 Å². The molecule has 0 aliphatic rings. The number of ketones is 1. The van der Waals surface area contributed by atoms with Crippen LogP contribution in [0.1, 0.15) is 28.4 Å². The molecule has 0 saturated carbocycles. The van der Waals surface area contributed by atoms with Gasteiger partial charge in [0.1, 0.15) is 11.5 Å². The van der Waals surface area contributed by atoms with Crippen LogP contribution in [-0.4, -0.2) is 18.9 Å². The van der Waals surface area contributed by atoms with Gasteiger partial charge in [-0.15, -0.1) is 0 Å². The normalized spacial score (nSPS) is 10.6. The summed E-state index contributed by atoms with van der Waals surface area (Å²) in [7, 11) is 1.51. The Morgan fingerprint density at radius 2 is 1.74 bits per heavy atom. The van der Waals surface area contributed by atoms with Gasteiger partial charge in [-0.2, -0.15) is 0 Å². The number of rotatable bonds is 5. The molecule has 0 bridgehead atoms. The van der Waals surface area contributed by atoms with Gasteiger partial charge in [-0.25, -0.2) is 4.79 Å². The highest BCUT2D eigenvalue weighted by atomic mass is 16.5. The molecule has 0 spiro atoms. The highest BCUT2D eigenvalue weighted by molar-refractivity contribution is 5.98. The molecular formula is C19H18O4. The maximum Gasteiger partial charge on any atom is 0.336 e. The molecule has 118 valence electrons. The fourth-order valence-corrected chi connectivity index (χ4v) is 1.99. The second-order valence-electron chi connectivity index (χ2n) is 5.08. The molecule has 0 aliphatic carbocycles. The molecular weight excluding hydrogens is 292 g/mol. The number of carbonyl (C=O) groups is 2. The van der Waals surface area contributed by atoms with Gasteiger partial charge in [-0.1, -0.05) is 29.8 Å². The Kier molecular flexibility index (Phi) is 5.31. The highest BCUT2D eigenvalue weighted by Gasteiger charge is 2.12. The van der Waals surface area contributed by atoms with E-state index < -0.39 is 5.97 Å². The van der Waals surface area contributed by atoms with Crippen molar-refractivity contribution < 1.29 is 19.1 Å². The average molecular weight is 310 g/mol. The zero-order valence-corrected chi connectivity index (χ0v) is 13.3. The molecule has 0 aliphatic heterocycles.